The summed E-state index contributed by atoms with van der Waals surface area (Å²) >= 11 is 7.47. The molecule has 0 aliphatic heterocycles. The van der Waals surface area contributed by atoms with Crippen LogP contribution in [0.4, 0.5) is 4.39 Å². The number of hydrogen-bond donors (Lipinski definition) is 1. The topological polar surface area (TPSA) is 38.9 Å². The van der Waals surface area contributed by atoms with Crippen LogP contribution in [-0.4, -0.2) is 4.98 Å². The van der Waals surface area contributed by atoms with Gasteiger partial charge in [0.1, 0.15) is 5.82 Å². The molecular formula is C11H10ClFN2S. The minimum Gasteiger partial charge on any atom is -0.320 e. The van der Waals surface area contributed by atoms with Crippen LogP contribution in [0.25, 0.3) is 0 Å². The number of aromatic nitrogens is 1. The third kappa shape index (κ3) is 2.24. The first-order chi connectivity index (χ1) is 7.58. The average Bonchev–Trinajstić information content (AvgIpc) is 2.67. The molecule has 0 spiro atoms. The van der Waals surface area contributed by atoms with Crippen molar-refractivity contribution >= 4 is 22.9 Å². The van der Waals surface area contributed by atoms with Gasteiger partial charge in [0.05, 0.1) is 11.0 Å². The summed E-state index contributed by atoms with van der Waals surface area (Å²) in [5.41, 5.74) is 6.61. The zero-order valence-corrected chi connectivity index (χ0v) is 10.1. The SMILES string of the molecule is Cc1ncc(C(N)c2cc(F)ccc2Cl)s1. The molecule has 1 heterocycles. The fourth-order valence-electron chi connectivity index (χ4n) is 1.43. The van der Waals surface area contributed by atoms with Crippen molar-refractivity contribution in [2.45, 2.75) is 13.0 Å². The summed E-state index contributed by atoms with van der Waals surface area (Å²) in [5, 5.41) is 1.40. The van der Waals surface area contributed by atoms with E-state index in [4.69, 9.17) is 17.3 Å². The number of benzene rings is 1. The lowest BCUT2D eigenvalue weighted by molar-refractivity contribution is 0.624. The third-order valence-electron chi connectivity index (χ3n) is 2.24. The van der Waals surface area contributed by atoms with Crippen molar-refractivity contribution in [3.63, 3.8) is 0 Å². The smallest absolute Gasteiger partial charge is 0.123 e. The summed E-state index contributed by atoms with van der Waals surface area (Å²) in [7, 11) is 0. The molecule has 2 rings (SSSR count). The van der Waals surface area contributed by atoms with E-state index in [0.29, 0.717) is 10.6 Å². The average molecular weight is 257 g/mol. The van der Waals surface area contributed by atoms with Crippen LogP contribution < -0.4 is 5.73 Å². The lowest BCUT2D eigenvalue weighted by Gasteiger charge is -2.11. The van der Waals surface area contributed by atoms with Crippen LogP contribution in [-0.2, 0) is 0 Å². The van der Waals surface area contributed by atoms with Crippen molar-refractivity contribution in [2.24, 2.45) is 5.73 Å². The minimum absolute atomic E-state index is 0.337. The highest BCUT2D eigenvalue weighted by molar-refractivity contribution is 7.11. The summed E-state index contributed by atoms with van der Waals surface area (Å²) in [5.74, 6) is -0.337. The van der Waals surface area contributed by atoms with E-state index in [1.807, 2.05) is 6.92 Å². The maximum atomic E-state index is 13.1. The third-order valence-corrected chi connectivity index (χ3v) is 3.58. The van der Waals surface area contributed by atoms with Crippen molar-refractivity contribution in [1.29, 1.82) is 0 Å². The van der Waals surface area contributed by atoms with Gasteiger partial charge in [-0.25, -0.2) is 9.37 Å². The maximum absolute atomic E-state index is 13.1. The number of halogens is 2. The monoisotopic (exact) mass is 256 g/mol. The Hall–Kier alpha value is -0.970. The molecule has 84 valence electrons. The Kier molecular flexibility index (Phi) is 3.23. The van der Waals surface area contributed by atoms with Gasteiger partial charge in [-0.05, 0) is 30.7 Å². The molecular weight excluding hydrogens is 247 g/mol. The van der Waals surface area contributed by atoms with E-state index in [9.17, 15) is 4.39 Å². The molecule has 2 nitrogen and oxygen atoms in total. The zero-order valence-electron chi connectivity index (χ0n) is 8.58. The van der Waals surface area contributed by atoms with Crippen molar-refractivity contribution in [2.75, 3.05) is 0 Å². The van der Waals surface area contributed by atoms with Crippen molar-refractivity contribution in [1.82, 2.24) is 4.98 Å². The number of nitrogens with two attached hydrogens (primary N) is 1. The number of nitrogens with zero attached hydrogens (tertiary/aromatic N) is 1. The van der Waals surface area contributed by atoms with Gasteiger partial charge in [0.15, 0.2) is 0 Å². The minimum atomic E-state index is -0.422. The van der Waals surface area contributed by atoms with Crippen LogP contribution in [0.3, 0.4) is 0 Å². The van der Waals surface area contributed by atoms with Gasteiger partial charge in [-0.15, -0.1) is 11.3 Å². The number of hydrogen-bond acceptors (Lipinski definition) is 3. The predicted octanol–water partition coefficient (Wildman–Crippen LogP) is 3.29. The molecule has 5 heteroatoms. The van der Waals surface area contributed by atoms with E-state index < -0.39 is 6.04 Å². The van der Waals surface area contributed by atoms with Gasteiger partial charge >= 0.3 is 0 Å². The Labute approximate surface area is 102 Å². The molecule has 16 heavy (non-hydrogen) atoms. The molecule has 0 amide bonds. The molecule has 1 aromatic carbocycles. The standard InChI is InChI=1S/C11H10ClFN2S/c1-6-15-5-10(16-6)11(14)8-4-7(13)2-3-9(8)12/h2-5,11H,14H2,1H3. The van der Waals surface area contributed by atoms with Gasteiger partial charge < -0.3 is 5.73 Å². The molecule has 2 aromatic rings. The molecule has 2 N–H and O–H groups in total. The Morgan fingerprint density at radius 3 is 2.88 bits per heavy atom. The fraction of sp³-hybridized carbons (Fsp3) is 0.182. The molecule has 0 fully saturated rings. The molecule has 1 aromatic heterocycles. The van der Waals surface area contributed by atoms with Gasteiger partial charge in [-0.3, -0.25) is 0 Å². The normalized spacial score (nSPS) is 12.8. The molecule has 0 saturated carbocycles. The second kappa shape index (κ2) is 4.49. The van der Waals surface area contributed by atoms with Crippen LogP contribution in [0, 0.1) is 12.7 Å². The second-order valence-corrected chi connectivity index (χ2v) is 5.10. The Morgan fingerprint density at radius 1 is 1.50 bits per heavy atom. The Morgan fingerprint density at radius 2 is 2.25 bits per heavy atom. The first kappa shape index (κ1) is 11.5. The molecule has 0 radical (unpaired) electrons. The largest absolute Gasteiger partial charge is 0.320 e. The van der Waals surface area contributed by atoms with Crippen LogP contribution in [0.15, 0.2) is 24.4 Å². The van der Waals surface area contributed by atoms with Crippen molar-refractivity contribution in [3.8, 4) is 0 Å². The molecule has 0 aliphatic rings. The van der Waals surface area contributed by atoms with Crippen LogP contribution in [0.5, 0.6) is 0 Å². The molecule has 1 atom stereocenters. The van der Waals surface area contributed by atoms with Crippen LogP contribution in [0.2, 0.25) is 5.02 Å². The molecule has 0 saturated heterocycles. The first-order valence-electron chi connectivity index (χ1n) is 4.71. The van der Waals surface area contributed by atoms with Crippen LogP contribution >= 0.6 is 22.9 Å². The Balaban J connectivity index is 2.40. The number of rotatable bonds is 2. The van der Waals surface area contributed by atoms with E-state index in [2.05, 4.69) is 4.98 Å². The predicted molar refractivity (Wildman–Crippen MR) is 64.3 cm³/mol. The lowest BCUT2D eigenvalue weighted by atomic mass is 10.1. The van der Waals surface area contributed by atoms with Crippen molar-refractivity contribution < 1.29 is 4.39 Å². The van der Waals surface area contributed by atoms with E-state index in [1.165, 1.54) is 29.5 Å². The van der Waals surface area contributed by atoms with E-state index in [-0.39, 0.29) is 5.82 Å². The van der Waals surface area contributed by atoms with E-state index in [0.717, 1.165) is 9.88 Å². The molecule has 0 aliphatic carbocycles. The fourth-order valence-corrected chi connectivity index (χ4v) is 2.47. The number of aryl methyl sites for hydroxylation is 1. The highest BCUT2D eigenvalue weighted by Crippen LogP contribution is 2.29. The van der Waals surface area contributed by atoms with Gasteiger partial charge in [0.2, 0.25) is 0 Å². The maximum Gasteiger partial charge on any atom is 0.123 e. The molecule has 0 bridgehead atoms. The molecule has 1 unspecified atom stereocenters. The second-order valence-electron chi connectivity index (χ2n) is 3.43. The van der Waals surface area contributed by atoms with Gasteiger partial charge in [-0.2, -0.15) is 0 Å². The summed E-state index contributed by atoms with van der Waals surface area (Å²) < 4.78 is 13.1. The zero-order chi connectivity index (χ0) is 11.7. The van der Waals surface area contributed by atoms with Gasteiger partial charge in [-0.1, -0.05) is 11.6 Å². The summed E-state index contributed by atoms with van der Waals surface area (Å²) in [6.07, 6.45) is 1.70. The highest BCUT2D eigenvalue weighted by atomic mass is 35.5. The van der Waals surface area contributed by atoms with Gasteiger partial charge in [0.25, 0.3) is 0 Å². The first-order valence-corrected chi connectivity index (χ1v) is 5.90. The lowest BCUT2D eigenvalue weighted by Crippen LogP contribution is -2.11. The summed E-state index contributed by atoms with van der Waals surface area (Å²) in [6, 6.07) is 3.77. The Bertz CT molecular complexity index is 512. The summed E-state index contributed by atoms with van der Waals surface area (Å²) in [6.45, 7) is 1.90. The van der Waals surface area contributed by atoms with E-state index in [1.54, 1.807) is 6.20 Å². The van der Waals surface area contributed by atoms with Gasteiger partial charge in [0, 0.05) is 16.1 Å². The van der Waals surface area contributed by atoms with E-state index >= 15 is 0 Å². The van der Waals surface area contributed by atoms with Crippen molar-refractivity contribution in [3.05, 3.63) is 50.7 Å². The summed E-state index contributed by atoms with van der Waals surface area (Å²) in [4.78, 5) is 5.00. The van der Waals surface area contributed by atoms with Crippen LogP contribution in [0.1, 0.15) is 21.5 Å². The number of thiazole rings is 1. The highest BCUT2D eigenvalue weighted by Gasteiger charge is 2.15. The quantitative estimate of drug-likeness (QED) is 0.896.